The Balaban J connectivity index is 1.58. The first-order chi connectivity index (χ1) is 12.2. The number of benzene rings is 2. The second kappa shape index (κ2) is 7.06. The average molecular weight is 403 g/mol. The Morgan fingerprint density at radius 1 is 1.24 bits per heavy atom. The van der Waals surface area contributed by atoms with E-state index < -0.39 is 0 Å². The molecule has 2 aromatic carbocycles. The molecule has 4 rings (SSSR count). The van der Waals surface area contributed by atoms with Crippen LogP contribution in [0.2, 0.25) is 0 Å². The summed E-state index contributed by atoms with van der Waals surface area (Å²) in [5.74, 6) is 2.22. The lowest BCUT2D eigenvalue weighted by Crippen LogP contribution is -2.16. The number of ether oxygens (including phenoxy) is 3. The van der Waals surface area contributed by atoms with Gasteiger partial charge in [0.2, 0.25) is 0 Å². The predicted molar refractivity (Wildman–Crippen MR) is 100 cm³/mol. The minimum atomic E-state index is 0.179. The molecule has 1 unspecified atom stereocenters. The zero-order valence-electron chi connectivity index (χ0n) is 13.9. The minimum absolute atomic E-state index is 0.179. The third-order valence-corrected chi connectivity index (χ3v) is 4.82. The van der Waals surface area contributed by atoms with Gasteiger partial charge in [-0.2, -0.15) is 0 Å². The number of hydrogen-bond acceptors (Lipinski definition) is 4. The third-order valence-electron chi connectivity index (χ3n) is 4.33. The van der Waals surface area contributed by atoms with E-state index in [0.717, 1.165) is 52.1 Å². The second-order valence-corrected chi connectivity index (χ2v) is 6.97. The Hall–Kier alpha value is -2.05. The van der Waals surface area contributed by atoms with Crippen molar-refractivity contribution in [2.45, 2.75) is 18.9 Å². The summed E-state index contributed by atoms with van der Waals surface area (Å²) in [6.45, 7) is 1.38. The Labute approximate surface area is 154 Å². The molecule has 1 saturated heterocycles. The van der Waals surface area contributed by atoms with Gasteiger partial charge in [-0.05, 0) is 49.2 Å². The highest BCUT2D eigenvalue weighted by Gasteiger charge is 2.17. The highest BCUT2D eigenvalue weighted by molar-refractivity contribution is 9.10. The fourth-order valence-electron chi connectivity index (χ4n) is 3.01. The molecule has 1 fully saturated rings. The number of nitrogens with one attached hydrogen (secondary N) is 1. The molecule has 0 radical (unpaired) electrons. The van der Waals surface area contributed by atoms with Crippen LogP contribution in [0.25, 0.3) is 22.4 Å². The molecule has 0 aliphatic carbocycles. The van der Waals surface area contributed by atoms with Gasteiger partial charge in [-0.1, -0.05) is 15.9 Å². The van der Waals surface area contributed by atoms with Crippen LogP contribution in [0.15, 0.2) is 40.9 Å². The first-order valence-corrected chi connectivity index (χ1v) is 9.10. The van der Waals surface area contributed by atoms with Gasteiger partial charge in [-0.3, -0.25) is 0 Å². The monoisotopic (exact) mass is 402 g/mol. The quantitative estimate of drug-likeness (QED) is 0.679. The Bertz CT molecular complexity index is 888. The van der Waals surface area contributed by atoms with E-state index in [-0.39, 0.29) is 6.10 Å². The normalized spacial score (nSPS) is 17.1. The number of hydrogen-bond donors (Lipinski definition) is 1. The van der Waals surface area contributed by atoms with Crippen molar-refractivity contribution in [3.05, 3.63) is 40.9 Å². The molecule has 6 heteroatoms. The van der Waals surface area contributed by atoms with Crippen LogP contribution >= 0.6 is 15.9 Å². The molecule has 0 bridgehead atoms. The zero-order valence-corrected chi connectivity index (χ0v) is 15.5. The van der Waals surface area contributed by atoms with Crippen LogP contribution in [0.3, 0.4) is 0 Å². The molecule has 3 aromatic rings. The van der Waals surface area contributed by atoms with Crippen LogP contribution in [0.4, 0.5) is 0 Å². The molecule has 25 heavy (non-hydrogen) atoms. The van der Waals surface area contributed by atoms with Crippen molar-refractivity contribution >= 4 is 27.0 Å². The van der Waals surface area contributed by atoms with Crippen molar-refractivity contribution in [2.24, 2.45) is 0 Å². The zero-order chi connectivity index (χ0) is 17.2. The van der Waals surface area contributed by atoms with Crippen LogP contribution < -0.4 is 9.47 Å². The predicted octanol–water partition coefficient (Wildman–Crippen LogP) is 4.56. The molecule has 1 aromatic heterocycles. The highest BCUT2D eigenvalue weighted by atomic mass is 79.9. The van der Waals surface area contributed by atoms with E-state index in [1.807, 2.05) is 36.4 Å². The topological polar surface area (TPSA) is 56.4 Å². The first kappa shape index (κ1) is 16.4. The van der Waals surface area contributed by atoms with Gasteiger partial charge in [0.15, 0.2) is 11.5 Å². The summed E-state index contributed by atoms with van der Waals surface area (Å²) in [6.07, 6.45) is 2.33. The maximum Gasteiger partial charge on any atom is 0.161 e. The summed E-state index contributed by atoms with van der Waals surface area (Å²) in [7, 11) is 1.65. The SMILES string of the molecule is COc1cc(-c2nc3ccc(Br)cc3[nH]2)ccc1OCC1CCCO1. The fraction of sp³-hybridized carbons (Fsp3) is 0.316. The largest absolute Gasteiger partial charge is 0.493 e. The average Bonchev–Trinajstić information content (AvgIpc) is 3.28. The van der Waals surface area contributed by atoms with Crippen LogP contribution in [0.1, 0.15) is 12.8 Å². The van der Waals surface area contributed by atoms with Gasteiger partial charge in [0, 0.05) is 16.6 Å². The summed E-state index contributed by atoms with van der Waals surface area (Å²) in [4.78, 5) is 7.99. The summed E-state index contributed by atoms with van der Waals surface area (Å²) in [6, 6.07) is 11.8. The number of imidazole rings is 1. The van der Waals surface area contributed by atoms with E-state index in [9.17, 15) is 0 Å². The van der Waals surface area contributed by atoms with E-state index >= 15 is 0 Å². The number of halogens is 1. The number of aromatic nitrogens is 2. The number of nitrogens with zero attached hydrogens (tertiary/aromatic N) is 1. The van der Waals surface area contributed by atoms with Gasteiger partial charge in [-0.25, -0.2) is 4.98 Å². The molecule has 1 atom stereocenters. The lowest BCUT2D eigenvalue weighted by molar-refractivity contribution is 0.0670. The molecule has 130 valence electrons. The number of rotatable bonds is 5. The summed E-state index contributed by atoms with van der Waals surface area (Å²) < 4.78 is 18.0. The smallest absolute Gasteiger partial charge is 0.161 e. The van der Waals surface area contributed by atoms with E-state index in [2.05, 4.69) is 25.9 Å². The maximum absolute atomic E-state index is 5.89. The molecule has 0 amide bonds. The van der Waals surface area contributed by atoms with E-state index in [1.54, 1.807) is 7.11 Å². The molecular formula is C19H19BrN2O3. The number of aromatic amines is 1. The molecule has 1 aliphatic rings. The summed E-state index contributed by atoms with van der Waals surface area (Å²) >= 11 is 3.48. The van der Waals surface area contributed by atoms with Crippen LogP contribution in [0.5, 0.6) is 11.5 Å². The molecule has 5 nitrogen and oxygen atoms in total. The van der Waals surface area contributed by atoms with Crippen LogP contribution in [0, 0.1) is 0 Å². The molecular weight excluding hydrogens is 384 g/mol. The Morgan fingerprint density at radius 3 is 2.96 bits per heavy atom. The van der Waals surface area contributed by atoms with E-state index in [4.69, 9.17) is 14.2 Å². The summed E-state index contributed by atoms with van der Waals surface area (Å²) in [5.41, 5.74) is 2.87. The molecule has 1 aliphatic heterocycles. The molecule has 0 spiro atoms. The van der Waals surface area contributed by atoms with Gasteiger partial charge in [0.1, 0.15) is 12.4 Å². The summed E-state index contributed by atoms with van der Waals surface area (Å²) in [5, 5.41) is 0. The Kier molecular flexibility index (Phi) is 4.63. The highest BCUT2D eigenvalue weighted by Crippen LogP contribution is 2.33. The van der Waals surface area contributed by atoms with Crippen LogP contribution in [-0.4, -0.2) is 36.4 Å². The Morgan fingerprint density at radius 2 is 2.16 bits per heavy atom. The van der Waals surface area contributed by atoms with E-state index in [0.29, 0.717) is 12.4 Å². The lowest BCUT2D eigenvalue weighted by Gasteiger charge is -2.14. The van der Waals surface area contributed by atoms with Crippen molar-refractivity contribution < 1.29 is 14.2 Å². The molecule has 0 saturated carbocycles. The fourth-order valence-corrected chi connectivity index (χ4v) is 3.37. The van der Waals surface area contributed by atoms with Gasteiger partial charge in [0.05, 0.1) is 24.2 Å². The van der Waals surface area contributed by atoms with Crippen LogP contribution in [-0.2, 0) is 4.74 Å². The first-order valence-electron chi connectivity index (χ1n) is 8.31. The van der Waals surface area contributed by atoms with Gasteiger partial charge >= 0.3 is 0 Å². The van der Waals surface area contributed by atoms with Gasteiger partial charge < -0.3 is 19.2 Å². The standard InChI is InChI=1S/C19H19BrN2O3/c1-23-18-9-12(4-7-17(18)25-11-14-3-2-8-24-14)19-21-15-6-5-13(20)10-16(15)22-19/h4-7,9-10,14H,2-3,8,11H2,1H3,(H,21,22). The van der Waals surface area contributed by atoms with Gasteiger partial charge in [0.25, 0.3) is 0 Å². The van der Waals surface area contributed by atoms with Crippen molar-refractivity contribution in [3.63, 3.8) is 0 Å². The van der Waals surface area contributed by atoms with E-state index in [1.165, 1.54) is 0 Å². The maximum atomic E-state index is 5.89. The lowest BCUT2D eigenvalue weighted by atomic mass is 10.2. The third kappa shape index (κ3) is 3.50. The van der Waals surface area contributed by atoms with Crippen molar-refractivity contribution in [1.29, 1.82) is 0 Å². The number of fused-ring (bicyclic) bond motifs is 1. The van der Waals surface area contributed by atoms with Crippen molar-refractivity contribution in [2.75, 3.05) is 20.3 Å². The second-order valence-electron chi connectivity index (χ2n) is 6.06. The molecule has 2 heterocycles. The van der Waals surface area contributed by atoms with Crippen molar-refractivity contribution in [3.8, 4) is 22.9 Å². The molecule has 1 N–H and O–H groups in total. The van der Waals surface area contributed by atoms with Crippen molar-refractivity contribution in [1.82, 2.24) is 9.97 Å². The van der Waals surface area contributed by atoms with Gasteiger partial charge in [-0.15, -0.1) is 0 Å². The minimum Gasteiger partial charge on any atom is -0.493 e. The number of methoxy groups -OCH3 is 1. The number of H-pyrrole nitrogens is 1.